The predicted molar refractivity (Wildman–Crippen MR) is 76.4 cm³/mol. The quantitative estimate of drug-likeness (QED) is 0.906. The molecule has 20 heavy (non-hydrogen) atoms. The van der Waals surface area contributed by atoms with Crippen LogP contribution in [0.5, 0.6) is 5.75 Å². The zero-order valence-corrected chi connectivity index (χ0v) is 12.8. The first-order valence-electron chi connectivity index (χ1n) is 5.84. The van der Waals surface area contributed by atoms with Crippen molar-refractivity contribution >= 4 is 35.1 Å². The Morgan fingerprint density at radius 3 is 2.15 bits per heavy atom. The number of carbonyl (C=O) groups is 2. The number of carboxylic acid groups (broad SMARTS) is 1. The van der Waals surface area contributed by atoms with Gasteiger partial charge in [-0.1, -0.05) is 23.2 Å². The summed E-state index contributed by atoms with van der Waals surface area (Å²) in [5.41, 5.74) is 0. The Morgan fingerprint density at radius 2 is 1.70 bits per heavy atom. The molecular formula is C13H15Cl2NO4. The molecule has 0 heterocycles. The lowest BCUT2D eigenvalue weighted by atomic mass is 10.2. The molecule has 110 valence electrons. The molecule has 0 fully saturated rings. The second-order valence-corrected chi connectivity index (χ2v) is 5.20. The second kappa shape index (κ2) is 6.81. The van der Waals surface area contributed by atoms with E-state index in [0.717, 1.165) is 4.90 Å². The summed E-state index contributed by atoms with van der Waals surface area (Å²) in [4.78, 5) is 24.0. The molecule has 2 atom stereocenters. The van der Waals surface area contributed by atoms with Crippen molar-refractivity contribution in [3.8, 4) is 5.75 Å². The van der Waals surface area contributed by atoms with Crippen LogP contribution < -0.4 is 4.74 Å². The Morgan fingerprint density at radius 1 is 1.20 bits per heavy atom. The number of benzene rings is 1. The average Bonchev–Trinajstić information content (AvgIpc) is 2.34. The maximum Gasteiger partial charge on any atom is 0.326 e. The molecule has 2 unspecified atom stereocenters. The molecule has 0 saturated carbocycles. The number of carboxylic acids is 1. The first kappa shape index (κ1) is 16.6. The van der Waals surface area contributed by atoms with Crippen molar-refractivity contribution < 1.29 is 19.4 Å². The van der Waals surface area contributed by atoms with E-state index in [1.54, 1.807) is 6.07 Å². The van der Waals surface area contributed by atoms with Gasteiger partial charge in [0, 0.05) is 17.1 Å². The van der Waals surface area contributed by atoms with Crippen LogP contribution in [0.4, 0.5) is 0 Å². The van der Waals surface area contributed by atoms with Gasteiger partial charge >= 0.3 is 5.97 Å². The number of aliphatic carboxylic acids is 1. The lowest BCUT2D eigenvalue weighted by Gasteiger charge is -2.25. The van der Waals surface area contributed by atoms with Gasteiger partial charge in [-0.3, -0.25) is 4.79 Å². The smallest absolute Gasteiger partial charge is 0.326 e. The van der Waals surface area contributed by atoms with Crippen LogP contribution >= 0.6 is 23.2 Å². The summed E-state index contributed by atoms with van der Waals surface area (Å²) in [6.45, 7) is 2.95. The third kappa shape index (κ3) is 4.28. The van der Waals surface area contributed by atoms with E-state index in [1.165, 1.54) is 33.0 Å². The van der Waals surface area contributed by atoms with Gasteiger partial charge in [0.05, 0.1) is 0 Å². The molecule has 0 aliphatic carbocycles. The van der Waals surface area contributed by atoms with E-state index in [9.17, 15) is 9.59 Å². The number of carbonyl (C=O) groups excluding carboxylic acids is 1. The van der Waals surface area contributed by atoms with Gasteiger partial charge in [0.1, 0.15) is 11.8 Å². The SMILES string of the molecule is CC(Oc1cc(Cl)cc(Cl)c1)C(=O)N(C)C(C)C(=O)O. The molecule has 0 spiro atoms. The molecule has 0 aliphatic rings. The maximum atomic E-state index is 12.0. The molecule has 0 aromatic heterocycles. The van der Waals surface area contributed by atoms with Crippen molar-refractivity contribution in [2.75, 3.05) is 7.05 Å². The van der Waals surface area contributed by atoms with Crippen LogP contribution in [0.3, 0.4) is 0 Å². The molecule has 1 aromatic carbocycles. The molecule has 0 bridgehead atoms. The molecule has 1 aromatic rings. The molecule has 0 radical (unpaired) electrons. The van der Waals surface area contributed by atoms with Gasteiger partial charge in [0.2, 0.25) is 0 Å². The number of hydrogen-bond donors (Lipinski definition) is 1. The van der Waals surface area contributed by atoms with Crippen molar-refractivity contribution in [1.82, 2.24) is 4.90 Å². The van der Waals surface area contributed by atoms with Crippen LogP contribution in [0.1, 0.15) is 13.8 Å². The monoisotopic (exact) mass is 319 g/mol. The lowest BCUT2D eigenvalue weighted by molar-refractivity contribution is -0.150. The van der Waals surface area contributed by atoms with Crippen molar-refractivity contribution in [3.63, 3.8) is 0 Å². The fourth-order valence-electron chi connectivity index (χ4n) is 1.49. The number of halogens is 2. The summed E-state index contributed by atoms with van der Waals surface area (Å²) in [5.74, 6) is -1.19. The minimum atomic E-state index is -1.08. The molecule has 1 N–H and O–H groups in total. The van der Waals surface area contributed by atoms with Crippen LogP contribution in [0.2, 0.25) is 10.0 Å². The lowest BCUT2D eigenvalue weighted by Crippen LogP contribution is -2.46. The molecule has 5 nitrogen and oxygen atoms in total. The highest BCUT2D eigenvalue weighted by molar-refractivity contribution is 6.34. The minimum absolute atomic E-state index is 0.347. The molecular weight excluding hydrogens is 305 g/mol. The van der Waals surface area contributed by atoms with E-state index in [2.05, 4.69) is 0 Å². The highest BCUT2D eigenvalue weighted by Crippen LogP contribution is 2.25. The number of hydrogen-bond acceptors (Lipinski definition) is 3. The second-order valence-electron chi connectivity index (χ2n) is 4.33. The largest absolute Gasteiger partial charge is 0.481 e. The average molecular weight is 320 g/mol. The maximum absolute atomic E-state index is 12.0. The van der Waals surface area contributed by atoms with E-state index >= 15 is 0 Å². The number of rotatable bonds is 5. The Kier molecular flexibility index (Phi) is 5.65. The number of likely N-dealkylation sites (N-methyl/N-ethyl adjacent to an activating group) is 1. The predicted octanol–water partition coefficient (Wildman–Crippen LogP) is 2.69. The fraction of sp³-hybridized carbons (Fsp3) is 0.385. The van der Waals surface area contributed by atoms with Crippen LogP contribution in [-0.4, -0.2) is 41.1 Å². The van der Waals surface area contributed by atoms with Gasteiger partial charge in [-0.25, -0.2) is 4.79 Å². The van der Waals surface area contributed by atoms with Gasteiger partial charge in [-0.15, -0.1) is 0 Å². The third-order valence-electron chi connectivity index (χ3n) is 2.78. The summed E-state index contributed by atoms with van der Waals surface area (Å²) in [6, 6.07) is 3.66. The Labute approximate surface area is 127 Å². The number of amides is 1. The van der Waals surface area contributed by atoms with Crippen LogP contribution in [-0.2, 0) is 9.59 Å². The van der Waals surface area contributed by atoms with E-state index in [1.807, 2.05) is 0 Å². The number of nitrogens with zero attached hydrogens (tertiary/aromatic N) is 1. The minimum Gasteiger partial charge on any atom is -0.481 e. The van der Waals surface area contributed by atoms with Crippen molar-refractivity contribution in [1.29, 1.82) is 0 Å². The van der Waals surface area contributed by atoms with Crippen molar-refractivity contribution in [2.45, 2.75) is 26.0 Å². The first-order valence-corrected chi connectivity index (χ1v) is 6.60. The van der Waals surface area contributed by atoms with Crippen LogP contribution in [0.15, 0.2) is 18.2 Å². The van der Waals surface area contributed by atoms with E-state index in [4.69, 9.17) is 33.0 Å². The standard InChI is InChI=1S/C13H15Cl2NO4/c1-7(13(18)19)16(3)12(17)8(2)20-11-5-9(14)4-10(15)6-11/h4-8H,1-3H3,(H,18,19). The summed E-state index contributed by atoms with van der Waals surface area (Å²) in [6.07, 6.45) is -0.851. The molecule has 1 rings (SSSR count). The Bertz CT molecular complexity index is 501. The summed E-state index contributed by atoms with van der Waals surface area (Å²) in [7, 11) is 1.41. The van der Waals surface area contributed by atoms with Gasteiger partial charge in [0.15, 0.2) is 6.10 Å². The van der Waals surface area contributed by atoms with Crippen LogP contribution in [0.25, 0.3) is 0 Å². The molecule has 0 aliphatic heterocycles. The summed E-state index contributed by atoms with van der Waals surface area (Å²) in [5, 5.41) is 9.65. The van der Waals surface area contributed by atoms with Gasteiger partial charge in [-0.05, 0) is 32.0 Å². The van der Waals surface area contributed by atoms with Crippen molar-refractivity contribution in [2.24, 2.45) is 0 Å². The van der Waals surface area contributed by atoms with Crippen LogP contribution in [0, 0.1) is 0 Å². The normalized spacial score (nSPS) is 13.4. The third-order valence-corrected chi connectivity index (χ3v) is 3.22. The zero-order chi connectivity index (χ0) is 15.4. The molecule has 1 amide bonds. The van der Waals surface area contributed by atoms with Gasteiger partial charge < -0.3 is 14.7 Å². The molecule has 7 heteroatoms. The van der Waals surface area contributed by atoms with E-state index < -0.39 is 24.0 Å². The zero-order valence-electron chi connectivity index (χ0n) is 11.3. The topological polar surface area (TPSA) is 66.8 Å². The first-order chi connectivity index (χ1) is 9.22. The van der Waals surface area contributed by atoms with Gasteiger partial charge in [-0.2, -0.15) is 0 Å². The molecule has 0 saturated heterocycles. The Hall–Kier alpha value is -1.46. The Balaban J connectivity index is 2.77. The van der Waals surface area contributed by atoms with Gasteiger partial charge in [0.25, 0.3) is 5.91 Å². The van der Waals surface area contributed by atoms with E-state index in [0.29, 0.717) is 15.8 Å². The summed E-state index contributed by atoms with van der Waals surface area (Å²) >= 11 is 11.7. The fourth-order valence-corrected chi connectivity index (χ4v) is 2.00. The number of ether oxygens (including phenoxy) is 1. The highest BCUT2D eigenvalue weighted by Gasteiger charge is 2.26. The summed E-state index contributed by atoms with van der Waals surface area (Å²) < 4.78 is 5.44. The highest BCUT2D eigenvalue weighted by atomic mass is 35.5. The van der Waals surface area contributed by atoms with Crippen molar-refractivity contribution in [3.05, 3.63) is 28.2 Å². The van der Waals surface area contributed by atoms with E-state index in [-0.39, 0.29) is 0 Å².